The van der Waals surface area contributed by atoms with Gasteiger partial charge in [-0.25, -0.2) is 4.68 Å². The van der Waals surface area contributed by atoms with Crippen LogP contribution in [-0.2, 0) is 11.3 Å². The van der Waals surface area contributed by atoms with E-state index < -0.39 is 5.54 Å². The quantitative estimate of drug-likeness (QED) is 0.808. The first-order valence-corrected chi connectivity index (χ1v) is 6.75. The molecule has 2 aromatic rings. The fourth-order valence-corrected chi connectivity index (χ4v) is 1.79. The van der Waals surface area contributed by atoms with Crippen molar-refractivity contribution in [2.45, 2.75) is 32.4 Å². The van der Waals surface area contributed by atoms with Gasteiger partial charge in [-0.3, -0.25) is 9.59 Å². The van der Waals surface area contributed by atoms with Crippen molar-refractivity contribution in [3.63, 3.8) is 0 Å². The number of aromatic nitrogens is 3. The summed E-state index contributed by atoms with van der Waals surface area (Å²) in [6, 6.07) is 6.98. The van der Waals surface area contributed by atoms with Gasteiger partial charge in [0.1, 0.15) is 5.52 Å². The Kier molecular flexibility index (Phi) is 4.32. The molecule has 0 aliphatic heterocycles. The van der Waals surface area contributed by atoms with Crippen LogP contribution in [0, 0.1) is 0 Å². The fraction of sp³-hybridized carbons (Fsp3) is 0.429. The Bertz CT molecular complexity index is 702. The van der Waals surface area contributed by atoms with Crippen LogP contribution in [0.2, 0.25) is 0 Å². The van der Waals surface area contributed by atoms with Gasteiger partial charge in [0.2, 0.25) is 5.91 Å². The summed E-state index contributed by atoms with van der Waals surface area (Å²) in [4.78, 5) is 23.9. The molecule has 0 radical (unpaired) electrons. The highest BCUT2D eigenvalue weighted by Gasteiger charge is 2.13. The highest BCUT2D eigenvalue weighted by molar-refractivity contribution is 5.77. The van der Waals surface area contributed by atoms with Crippen molar-refractivity contribution in [1.29, 1.82) is 0 Å². The highest BCUT2D eigenvalue weighted by Crippen LogP contribution is 2.03. The highest BCUT2D eigenvalue weighted by atomic mass is 16.2. The molecule has 0 saturated heterocycles. The molecule has 0 fully saturated rings. The number of hydrogen-bond donors (Lipinski definition) is 2. The molecule has 3 N–H and O–H groups in total. The third-order valence-electron chi connectivity index (χ3n) is 2.92. The van der Waals surface area contributed by atoms with Crippen LogP contribution in [0.3, 0.4) is 0 Å². The maximum atomic E-state index is 12.2. The maximum Gasteiger partial charge on any atom is 0.277 e. The molecule has 0 bridgehead atoms. The number of nitrogens with one attached hydrogen (secondary N) is 1. The molecule has 0 atom stereocenters. The van der Waals surface area contributed by atoms with Crippen molar-refractivity contribution < 1.29 is 4.79 Å². The molecule has 7 heteroatoms. The summed E-state index contributed by atoms with van der Waals surface area (Å²) in [5.74, 6) is -0.171. The van der Waals surface area contributed by atoms with Gasteiger partial charge >= 0.3 is 0 Å². The zero-order valence-corrected chi connectivity index (χ0v) is 12.2. The lowest BCUT2D eigenvalue weighted by Gasteiger charge is -2.18. The van der Waals surface area contributed by atoms with E-state index in [1.54, 1.807) is 24.3 Å². The molecular weight excluding hydrogens is 270 g/mol. The van der Waals surface area contributed by atoms with E-state index in [1.807, 2.05) is 13.8 Å². The molecular formula is C14H19N5O2. The number of nitrogens with two attached hydrogens (primary N) is 1. The lowest BCUT2D eigenvalue weighted by molar-refractivity contribution is -0.121. The summed E-state index contributed by atoms with van der Waals surface area (Å²) in [6.45, 7) is 4.22. The number of amides is 1. The van der Waals surface area contributed by atoms with Crippen molar-refractivity contribution in [2.24, 2.45) is 5.73 Å². The fourth-order valence-electron chi connectivity index (χ4n) is 1.79. The molecule has 0 saturated carbocycles. The zero-order valence-electron chi connectivity index (χ0n) is 12.2. The lowest BCUT2D eigenvalue weighted by Crippen LogP contribution is -2.45. The van der Waals surface area contributed by atoms with E-state index in [0.717, 1.165) is 0 Å². The number of fused-ring (bicyclic) bond motifs is 1. The summed E-state index contributed by atoms with van der Waals surface area (Å²) in [6.07, 6.45) is 0.156. The van der Waals surface area contributed by atoms with Gasteiger partial charge in [-0.1, -0.05) is 17.3 Å². The Morgan fingerprint density at radius 3 is 2.81 bits per heavy atom. The Labute approximate surface area is 122 Å². The van der Waals surface area contributed by atoms with Gasteiger partial charge < -0.3 is 11.1 Å². The van der Waals surface area contributed by atoms with Crippen molar-refractivity contribution in [3.05, 3.63) is 34.6 Å². The molecule has 112 valence electrons. The van der Waals surface area contributed by atoms with Gasteiger partial charge in [0.15, 0.2) is 0 Å². The van der Waals surface area contributed by atoms with Gasteiger partial charge in [0, 0.05) is 18.5 Å². The minimum absolute atomic E-state index is 0.156. The Hall–Kier alpha value is -2.28. The molecule has 0 aliphatic carbocycles. The number of benzene rings is 1. The molecule has 2 rings (SSSR count). The zero-order chi connectivity index (χ0) is 15.5. The van der Waals surface area contributed by atoms with Crippen molar-refractivity contribution in [2.75, 3.05) is 6.54 Å². The first-order valence-electron chi connectivity index (χ1n) is 6.75. The molecule has 1 heterocycles. The first kappa shape index (κ1) is 15.1. The number of carbonyl (C=O) groups is 1. The van der Waals surface area contributed by atoms with E-state index in [0.29, 0.717) is 17.4 Å². The third-order valence-corrected chi connectivity index (χ3v) is 2.92. The van der Waals surface area contributed by atoms with E-state index in [4.69, 9.17) is 5.73 Å². The minimum atomic E-state index is -0.463. The number of hydrogen-bond acceptors (Lipinski definition) is 5. The van der Waals surface area contributed by atoms with Crippen LogP contribution in [0.5, 0.6) is 0 Å². The molecule has 0 unspecified atom stereocenters. The molecule has 1 amide bonds. The van der Waals surface area contributed by atoms with Crippen LogP contribution >= 0.6 is 0 Å². The van der Waals surface area contributed by atoms with Crippen LogP contribution in [0.1, 0.15) is 20.3 Å². The third kappa shape index (κ3) is 4.09. The van der Waals surface area contributed by atoms with Crippen molar-refractivity contribution >= 4 is 16.8 Å². The van der Waals surface area contributed by atoms with Gasteiger partial charge in [-0.2, -0.15) is 0 Å². The maximum absolute atomic E-state index is 12.2. The topological polar surface area (TPSA) is 103 Å². The Morgan fingerprint density at radius 2 is 2.10 bits per heavy atom. The van der Waals surface area contributed by atoms with Crippen LogP contribution in [0.15, 0.2) is 29.1 Å². The van der Waals surface area contributed by atoms with E-state index in [2.05, 4.69) is 15.6 Å². The van der Waals surface area contributed by atoms with Gasteiger partial charge in [0.05, 0.1) is 11.9 Å². The molecule has 0 spiro atoms. The predicted molar refractivity (Wildman–Crippen MR) is 79.7 cm³/mol. The SMILES string of the molecule is CC(C)(N)CNC(=O)CCn1nnc2ccccc2c1=O. The summed E-state index contributed by atoms with van der Waals surface area (Å²) in [5.41, 5.74) is 5.63. The van der Waals surface area contributed by atoms with E-state index in [1.165, 1.54) is 4.68 Å². The largest absolute Gasteiger partial charge is 0.354 e. The second-order valence-corrected chi connectivity index (χ2v) is 5.65. The second-order valence-electron chi connectivity index (χ2n) is 5.65. The minimum Gasteiger partial charge on any atom is -0.354 e. The van der Waals surface area contributed by atoms with Crippen LogP contribution in [0.4, 0.5) is 0 Å². The first-order chi connectivity index (χ1) is 9.87. The normalized spacial score (nSPS) is 11.6. The van der Waals surface area contributed by atoms with Crippen LogP contribution in [-0.4, -0.2) is 33.0 Å². The van der Waals surface area contributed by atoms with E-state index in [9.17, 15) is 9.59 Å². The summed E-state index contributed by atoms with van der Waals surface area (Å²) >= 11 is 0. The smallest absolute Gasteiger partial charge is 0.277 e. The molecule has 21 heavy (non-hydrogen) atoms. The van der Waals surface area contributed by atoms with Gasteiger partial charge in [0.25, 0.3) is 5.56 Å². The molecule has 0 aliphatic rings. The monoisotopic (exact) mass is 289 g/mol. The molecule has 1 aromatic heterocycles. The average molecular weight is 289 g/mol. The molecule has 7 nitrogen and oxygen atoms in total. The second kappa shape index (κ2) is 6.01. The Balaban J connectivity index is 2.02. The standard InChI is InChI=1S/C14H19N5O2/c1-14(2,15)9-16-12(20)7-8-19-13(21)10-5-3-4-6-11(10)17-18-19/h3-6H,7-9,15H2,1-2H3,(H,16,20). The van der Waals surface area contributed by atoms with E-state index in [-0.39, 0.29) is 24.4 Å². The van der Waals surface area contributed by atoms with Gasteiger partial charge in [-0.05, 0) is 26.0 Å². The molecule has 1 aromatic carbocycles. The number of nitrogens with zero attached hydrogens (tertiary/aromatic N) is 3. The van der Waals surface area contributed by atoms with Crippen LogP contribution in [0.25, 0.3) is 10.9 Å². The summed E-state index contributed by atoms with van der Waals surface area (Å²) in [5, 5.41) is 11.0. The van der Waals surface area contributed by atoms with Gasteiger partial charge in [-0.15, -0.1) is 5.10 Å². The lowest BCUT2D eigenvalue weighted by atomic mass is 10.1. The Morgan fingerprint density at radius 1 is 1.38 bits per heavy atom. The summed E-state index contributed by atoms with van der Waals surface area (Å²) in [7, 11) is 0. The average Bonchev–Trinajstić information content (AvgIpc) is 2.44. The van der Waals surface area contributed by atoms with Crippen LogP contribution < -0.4 is 16.6 Å². The van der Waals surface area contributed by atoms with E-state index >= 15 is 0 Å². The van der Waals surface area contributed by atoms with Crippen molar-refractivity contribution in [3.8, 4) is 0 Å². The predicted octanol–water partition coefficient (Wildman–Crippen LogP) is 0.0351. The summed E-state index contributed by atoms with van der Waals surface area (Å²) < 4.78 is 1.20. The number of aryl methyl sites for hydroxylation is 1. The number of rotatable bonds is 5. The van der Waals surface area contributed by atoms with Crippen molar-refractivity contribution in [1.82, 2.24) is 20.3 Å². The number of carbonyl (C=O) groups excluding carboxylic acids is 1.